The average molecular weight is 351 g/mol. The van der Waals surface area contributed by atoms with Gasteiger partial charge in [0.15, 0.2) is 0 Å². The van der Waals surface area contributed by atoms with E-state index in [1.807, 2.05) is 25.1 Å². The summed E-state index contributed by atoms with van der Waals surface area (Å²) in [5, 5.41) is 1.21. The number of halogens is 2. The Morgan fingerprint density at radius 2 is 1.91 bits per heavy atom. The molecule has 1 aliphatic rings. The van der Waals surface area contributed by atoms with Crippen LogP contribution in [0.5, 0.6) is 0 Å². The zero-order chi connectivity index (χ0) is 16.6. The minimum Gasteiger partial charge on any atom is -0.353 e. The topological polar surface area (TPSA) is 32.3 Å². The minimum absolute atomic E-state index is 0.513. The van der Waals surface area contributed by atoms with Gasteiger partial charge in [-0.25, -0.2) is 9.97 Å². The summed E-state index contributed by atoms with van der Waals surface area (Å²) in [5.41, 5.74) is 3.38. The molecular formula is C17H20Cl2N4. The number of aryl methyl sites for hydroxylation is 1. The first kappa shape index (κ1) is 16.5. The molecule has 23 heavy (non-hydrogen) atoms. The van der Waals surface area contributed by atoms with E-state index in [-0.39, 0.29) is 0 Å². The van der Waals surface area contributed by atoms with Crippen LogP contribution >= 0.6 is 23.2 Å². The number of anilines is 1. The standard InChI is InChI=1S/C17H20Cl2N4/c1-11-12(2)20-10-21-17(11)23-8-14(9-23)22(3)7-13-4-5-15(18)16(19)6-13/h4-6,10,14H,7-9H2,1-3H3. The average Bonchev–Trinajstić information content (AvgIpc) is 2.46. The van der Waals surface area contributed by atoms with E-state index in [1.165, 1.54) is 5.56 Å². The smallest absolute Gasteiger partial charge is 0.135 e. The van der Waals surface area contributed by atoms with Crippen molar-refractivity contribution >= 4 is 29.0 Å². The molecule has 1 fully saturated rings. The molecule has 122 valence electrons. The Kier molecular flexibility index (Phi) is 4.76. The molecule has 3 rings (SSSR count). The number of hydrogen-bond donors (Lipinski definition) is 0. The van der Waals surface area contributed by atoms with E-state index in [0.29, 0.717) is 16.1 Å². The first-order valence-electron chi connectivity index (χ1n) is 7.63. The maximum absolute atomic E-state index is 6.09. The van der Waals surface area contributed by atoms with Gasteiger partial charge in [0, 0.05) is 36.9 Å². The second kappa shape index (κ2) is 6.63. The lowest BCUT2D eigenvalue weighted by Gasteiger charge is -2.45. The molecule has 0 amide bonds. The van der Waals surface area contributed by atoms with Crippen molar-refractivity contribution in [3.8, 4) is 0 Å². The predicted octanol–water partition coefficient (Wildman–Crippen LogP) is 3.72. The lowest BCUT2D eigenvalue weighted by atomic mass is 10.1. The lowest BCUT2D eigenvalue weighted by Crippen LogP contribution is -2.58. The van der Waals surface area contributed by atoms with Gasteiger partial charge in [0.2, 0.25) is 0 Å². The summed E-state index contributed by atoms with van der Waals surface area (Å²) in [7, 11) is 2.14. The van der Waals surface area contributed by atoms with Gasteiger partial charge in [-0.3, -0.25) is 4.90 Å². The molecule has 0 radical (unpaired) electrons. The molecule has 0 saturated carbocycles. The Labute approximate surface area is 147 Å². The van der Waals surface area contributed by atoms with E-state index < -0.39 is 0 Å². The first-order valence-corrected chi connectivity index (χ1v) is 8.38. The van der Waals surface area contributed by atoms with Crippen LogP contribution in [-0.4, -0.2) is 41.0 Å². The van der Waals surface area contributed by atoms with Crippen molar-refractivity contribution in [2.24, 2.45) is 0 Å². The number of rotatable bonds is 4. The van der Waals surface area contributed by atoms with Gasteiger partial charge in [-0.15, -0.1) is 0 Å². The lowest BCUT2D eigenvalue weighted by molar-refractivity contribution is 0.196. The van der Waals surface area contributed by atoms with Crippen LogP contribution in [0.25, 0.3) is 0 Å². The summed E-state index contributed by atoms with van der Waals surface area (Å²) < 4.78 is 0. The van der Waals surface area contributed by atoms with Crippen LogP contribution in [-0.2, 0) is 6.54 Å². The molecule has 4 nitrogen and oxygen atoms in total. The van der Waals surface area contributed by atoms with Crippen molar-refractivity contribution in [1.29, 1.82) is 0 Å². The summed E-state index contributed by atoms with van der Waals surface area (Å²) in [6.45, 7) is 6.92. The number of likely N-dealkylation sites (N-methyl/N-ethyl adjacent to an activating group) is 1. The molecule has 0 bridgehead atoms. The summed E-state index contributed by atoms with van der Waals surface area (Å²) in [4.78, 5) is 13.3. The quantitative estimate of drug-likeness (QED) is 0.840. The van der Waals surface area contributed by atoms with Crippen LogP contribution in [0.4, 0.5) is 5.82 Å². The van der Waals surface area contributed by atoms with Gasteiger partial charge in [-0.05, 0) is 38.6 Å². The molecule has 1 aromatic carbocycles. The van der Waals surface area contributed by atoms with Gasteiger partial charge in [0.25, 0.3) is 0 Å². The molecule has 0 unspecified atom stereocenters. The fourth-order valence-corrected chi connectivity index (χ4v) is 3.13. The molecule has 6 heteroatoms. The van der Waals surface area contributed by atoms with Gasteiger partial charge < -0.3 is 4.90 Å². The van der Waals surface area contributed by atoms with Crippen LogP contribution < -0.4 is 4.90 Å². The highest BCUT2D eigenvalue weighted by atomic mass is 35.5. The molecule has 0 atom stereocenters. The fourth-order valence-electron chi connectivity index (χ4n) is 2.81. The van der Waals surface area contributed by atoms with Crippen molar-refractivity contribution < 1.29 is 0 Å². The van der Waals surface area contributed by atoms with E-state index in [9.17, 15) is 0 Å². The molecule has 1 aliphatic heterocycles. The zero-order valence-electron chi connectivity index (χ0n) is 13.6. The number of nitrogens with zero attached hydrogens (tertiary/aromatic N) is 4. The molecule has 2 aromatic rings. The largest absolute Gasteiger partial charge is 0.353 e. The van der Waals surface area contributed by atoms with Crippen molar-refractivity contribution in [2.75, 3.05) is 25.0 Å². The van der Waals surface area contributed by atoms with E-state index in [4.69, 9.17) is 23.2 Å². The first-order chi connectivity index (χ1) is 11.0. The summed E-state index contributed by atoms with van der Waals surface area (Å²) in [6.07, 6.45) is 1.64. The van der Waals surface area contributed by atoms with Crippen LogP contribution in [0.3, 0.4) is 0 Å². The summed E-state index contributed by atoms with van der Waals surface area (Å²) in [5.74, 6) is 1.05. The van der Waals surface area contributed by atoms with E-state index in [0.717, 1.165) is 36.7 Å². The Morgan fingerprint density at radius 1 is 1.17 bits per heavy atom. The summed E-state index contributed by atoms with van der Waals surface area (Å²) >= 11 is 12.1. The Balaban J connectivity index is 1.60. The highest BCUT2D eigenvalue weighted by Gasteiger charge is 2.31. The van der Waals surface area contributed by atoms with Gasteiger partial charge in [0.05, 0.1) is 10.0 Å². The third-order valence-corrected chi connectivity index (χ3v) is 5.25. The second-order valence-corrected chi connectivity index (χ2v) is 6.94. The third-order valence-electron chi connectivity index (χ3n) is 4.51. The maximum atomic E-state index is 6.09. The number of benzene rings is 1. The van der Waals surface area contributed by atoms with Crippen LogP contribution in [0.15, 0.2) is 24.5 Å². The Morgan fingerprint density at radius 3 is 2.61 bits per heavy atom. The second-order valence-electron chi connectivity index (χ2n) is 6.13. The molecule has 0 N–H and O–H groups in total. The molecule has 0 aliphatic carbocycles. The predicted molar refractivity (Wildman–Crippen MR) is 95.4 cm³/mol. The number of hydrogen-bond acceptors (Lipinski definition) is 4. The fraction of sp³-hybridized carbons (Fsp3) is 0.412. The van der Waals surface area contributed by atoms with Crippen molar-refractivity contribution in [2.45, 2.75) is 26.4 Å². The third kappa shape index (κ3) is 3.44. The molecule has 2 heterocycles. The van der Waals surface area contributed by atoms with Crippen LogP contribution in [0, 0.1) is 13.8 Å². The van der Waals surface area contributed by atoms with E-state index in [2.05, 4.69) is 33.7 Å². The molecule has 1 aromatic heterocycles. The van der Waals surface area contributed by atoms with E-state index >= 15 is 0 Å². The normalized spacial score (nSPS) is 15.1. The maximum Gasteiger partial charge on any atom is 0.135 e. The molecule has 0 spiro atoms. The highest BCUT2D eigenvalue weighted by molar-refractivity contribution is 6.42. The van der Waals surface area contributed by atoms with Gasteiger partial charge >= 0.3 is 0 Å². The summed E-state index contributed by atoms with van der Waals surface area (Å²) in [6, 6.07) is 6.33. The van der Waals surface area contributed by atoms with Crippen LogP contribution in [0.2, 0.25) is 10.0 Å². The highest BCUT2D eigenvalue weighted by Crippen LogP contribution is 2.27. The molecular weight excluding hydrogens is 331 g/mol. The van der Waals surface area contributed by atoms with Gasteiger partial charge in [0.1, 0.15) is 12.1 Å². The minimum atomic E-state index is 0.513. The van der Waals surface area contributed by atoms with Crippen molar-refractivity contribution in [1.82, 2.24) is 14.9 Å². The number of aromatic nitrogens is 2. The van der Waals surface area contributed by atoms with E-state index in [1.54, 1.807) is 6.33 Å². The zero-order valence-corrected chi connectivity index (χ0v) is 15.1. The SMILES string of the molecule is Cc1ncnc(N2CC(N(C)Cc3ccc(Cl)c(Cl)c3)C2)c1C. The Hall–Kier alpha value is -1.36. The van der Waals surface area contributed by atoms with Crippen LogP contribution in [0.1, 0.15) is 16.8 Å². The molecule has 1 saturated heterocycles. The van der Waals surface area contributed by atoms with Crippen molar-refractivity contribution in [3.63, 3.8) is 0 Å². The van der Waals surface area contributed by atoms with Crippen molar-refractivity contribution in [3.05, 3.63) is 51.4 Å². The van der Waals surface area contributed by atoms with Gasteiger partial charge in [-0.1, -0.05) is 29.3 Å². The van der Waals surface area contributed by atoms with Gasteiger partial charge in [-0.2, -0.15) is 0 Å². The monoisotopic (exact) mass is 350 g/mol. The Bertz CT molecular complexity index is 714.